The maximum Gasteiger partial charge on any atom is 0.407 e. The maximum absolute atomic E-state index is 11.5. The number of pyridine rings is 1. The molecule has 3 aromatic heterocycles. The molecule has 0 bridgehead atoms. The zero-order valence-corrected chi connectivity index (χ0v) is 16.7. The van der Waals surface area contributed by atoms with Crippen LogP contribution < -0.4 is 5.73 Å². The molecule has 5 rings (SSSR count). The zero-order valence-electron chi connectivity index (χ0n) is 16.7. The summed E-state index contributed by atoms with van der Waals surface area (Å²) < 4.78 is 2.17. The summed E-state index contributed by atoms with van der Waals surface area (Å²) in [7, 11) is 0. The van der Waals surface area contributed by atoms with Gasteiger partial charge in [0.1, 0.15) is 11.3 Å². The molecule has 4 aromatic rings. The fourth-order valence-electron chi connectivity index (χ4n) is 4.51. The van der Waals surface area contributed by atoms with Gasteiger partial charge in [-0.1, -0.05) is 6.07 Å². The van der Waals surface area contributed by atoms with E-state index in [1.165, 1.54) is 4.90 Å². The number of H-pyrrole nitrogens is 1. The predicted octanol–water partition coefficient (Wildman–Crippen LogP) is 3.43. The molecule has 1 aromatic carbocycles. The van der Waals surface area contributed by atoms with E-state index in [9.17, 15) is 9.90 Å². The number of benzene rings is 1. The lowest BCUT2D eigenvalue weighted by Gasteiger charge is -2.30. The van der Waals surface area contributed by atoms with Crippen molar-refractivity contribution in [3.8, 4) is 11.3 Å². The summed E-state index contributed by atoms with van der Waals surface area (Å²) >= 11 is 0. The average Bonchev–Trinajstić information content (AvgIpc) is 3.42. The topological polar surface area (TPSA) is 126 Å². The molecule has 154 valence electrons. The summed E-state index contributed by atoms with van der Waals surface area (Å²) in [6.45, 7) is 3.81. The van der Waals surface area contributed by atoms with Crippen molar-refractivity contribution in [1.82, 2.24) is 29.6 Å². The maximum atomic E-state index is 11.5. The average molecular weight is 405 g/mol. The van der Waals surface area contributed by atoms with E-state index in [0.29, 0.717) is 24.4 Å². The van der Waals surface area contributed by atoms with Crippen LogP contribution in [0, 0.1) is 0 Å². The van der Waals surface area contributed by atoms with Crippen molar-refractivity contribution < 1.29 is 9.90 Å². The molecule has 1 aliphatic rings. The number of aryl methyl sites for hydroxylation is 1. The summed E-state index contributed by atoms with van der Waals surface area (Å²) in [4.78, 5) is 22.4. The number of nitrogens with one attached hydrogen (secondary N) is 1. The molecule has 0 unspecified atom stereocenters. The van der Waals surface area contributed by atoms with Crippen LogP contribution >= 0.6 is 0 Å². The van der Waals surface area contributed by atoms with Crippen LogP contribution in [0.5, 0.6) is 0 Å². The first-order valence-electron chi connectivity index (χ1n) is 10.1. The number of aromatic nitrogens is 5. The van der Waals surface area contributed by atoms with E-state index in [4.69, 9.17) is 10.7 Å². The highest BCUT2D eigenvalue weighted by molar-refractivity contribution is 6.07. The Morgan fingerprint density at radius 3 is 2.93 bits per heavy atom. The van der Waals surface area contributed by atoms with Gasteiger partial charge in [0.2, 0.25) is 0 Å². The van der Waals surface area contributed by atoms with Gasteiger partial charge in [0.05, 0.1) is 16.7 Å². The van der Waals surface area contributed by atoms with Crippen molar-refractivity contribution in [2.45, 2.75) is 32.2 Å². The molecule has 4 heterocycles. The highest BCUT2D eigenvalue weighted by Gasteiger charge is 2.29. The number of fused-ring (bicyclic) bond motifs is 3. The molecule has 1 fully saturated rings. The third-order valence-corrected chi connectivity index (χ3v) is 5.92. The van der Waals surface area contributed by atoms with Crippen LogP contribution in [0.25, 0.3) is 33.2 Å². The van der Waals surface area contributed by atoms with Gasteiger partial charge in [-0.05, 0) is 38.0 Å². The molecular formula is C21H23N7O2. The van der Waals surface area contributed by atoms with Gasteiger partial charge in [-0.25, -0.2) is 14.8 Å². The quantitative estimate of drug-likeness (QED) is 0.479. The van der Waals surface area contributed by atoms with E-state index >= 15 is 0 Å². The first kappa shape index (κ1) is 18.4. The Bertz CT molecular complexity index is 1250. The number of anilines is 1. The molecule has 9 nitrogen and oxygen atoms in total. The molecule has 4 N–H and O–H groups in total. The van der Waals surface area contributed by atoms with Gasteiger partial charge >= 0.3 is 6.09 Å². The molecule has 0 spiro atoms. The van der Waals surface area contributed by atoms with E-state index < -0.39 is 6.09 Å². The predicted molar refractivity (Wildman–Crippen MR) is 114 cm³/mol. The molecule has 30 heavy (non-hydrogen) atoms. The van der Waals surface area contributed by atoms with Crippen molar-refractivity contribution in [2.24, 2.45) is 0 Å². The van der Waals surface area contributed by atoms with Crippen molar-refractivity contribution in [3.05, 3.63) is 36.3 Å². The molecule has 1 atom stereocenters. The number of imidazole rings is 1. The number of nitrogens with zero attached hydrogens (tertiary/aromatic N) is 5. The number of likely N-dealkylation sites (tertiary alicyclic amines) is 1. The summed E-state index contributed by atoms with van der Waals surface area (Å²) in [5.74, 6) is 1.32. The van der Waals surface area contributed by atoms with Crippen molar-refractivity contribution in [1.29, 1.82) is 0 Å². The number of nitrogen functional groups attached to an aromatic ring is 1. The number of carboxylic acid groups (broad SMARTS) is 1. The van der Waals surface area contributed by atoms with Crippen LogP contribution in [-0.4, -0.2) is 53.9 Å². The second-order valence-electron chi connectivity index (χ2n) is 7.68. The van der Waals surface area contributed by atoms with E-state index in [2.05, 4.69) is 26.7 Å². The first-order chi connectivity index (χ1) is 14.6. The Kier molecular flexibility index (Phi) is 4.30. The van der Waals surface area contributed by atoms with Crippen molar-refractivity contribution >= 4 is 33.8 Å². The summed E-state index contributed by atoms with van der Waals surface area (Å²) in [6.07, 6.45) is 2.57. The standard InChI is InChI=1S/C21H23N7O2/c1-2-28-18-14-6-5-12(15-7-8-23-26-15)10-16(14)24-19(22)17(18)25-20(28)13-4-3-9-27(11-13)21(29)30/h5-8,10,13H,2-4,9,11H2,1H3,(H2,22,24)(H,23,26)(H,29,30)/t13-/m0/s1. The van der Waals surface area contributed by atoms with E-state index in [1.54, 1.807) is 6.20 Å². The van der Waals surface area contributed by atoms with E-state index in [0.717, 1.165) is 52.9 Å². The second kappa shape index (κ2) is 7.01. The summed E-state index contributed by atoms with van der Waals surface area (Å²) in [5, 5.41) is 17.4. The Balaban J connectivity index is 1.68. The largest absolute Gasteiger partial charge is 0.465 e. The normalized spacial score (nSPS) is 17.1. The number of nitrogens with two attached hydrogens (primary N) is 1. The third kappa shape index (κ3) is 2.85. The minimum atomic E-state index is -0.878. The number of rotatable bonds is 3. The van der Waals surface area contributed by atoms with Crippen molar-refractivity contribution in [3.63, 3.8) is 0 Å². The van der Waals surface area contributed by atoms with Gasteiger partial charge in [-0.3, -0.25) is 5.10 Å². The molecule has 0 radical (unpaired) electrons. The first-order valence-corrected chi connectivity index (χ1v) is 10.1. The number of hydrogen-bond donors (Lipinski definition) is 3. The number of amides is 1. The van der Waals surface area contributed by atoms with Crippen LogP contribution in [-0.2, 0) is 6.54 Å². The fraction of sp³-hybridized carbons (Fsp3) is 0.333. The molecule has 0 aliphatic carbocycles. The fourth-order valence-corrected chi connectivity index (χ4v) is 4.51. The number of hydrogen-bond acceptors (Lipinski definition) is 5. The van der Waals surface area contributed by atoms with E-state index in [-0.39, 0.29) is 5.92 Å². The molecule has 1 saturated heterocycles. The van der Waals surface area contributed by atoms with Gasteiger partial charge < -0.3 is 20.3 Å². The zero-order chi connectivity index (χ0) is 20.8. The highest BCUT2D eigenvalue weighted by Crippen LogP contribution is 2.35. The summed E-state index contributed by atoms with van der Waals surface area (Å²) in [6, 6.07) is 7.99. The third-order valence-electron chi connectivity index (χ3n) is 5.92. The smallest absolute Gasteiger partial charge is 0.407 e. The lowest BCUT2D eigenvalue weighted by molar-refractivity contribution is 0.129. The van der Waals surface area contributed by atoms with Gasteiger partial charge in [-0.2, -0.15) is 5.10 Å². The van der Waals surface area contributed by atoms with Crippen LogP contribution in [0.4, 0.5) is 10.6 Å². The molecule has 0 saturated carbocycles. The number of aromatic amines is 1. The number of carbonyl (C=O) groups is 1. The monoisotopic (exact) mass is 405 g/mol. The lowest BCUT2D eigenvalue weighted by atomic mass is 9.97. The second-order valence-corrected chi connectivity index (χ2v) is 7.68. The van der Waals surface area contributed by atoms with Crippen LogP contribution in [0.2, 0.25) is 0 Å². The van der Waals surface area contributed by atoms with Gasteiger partial charge in [-0.15, -0.1) is 0 Å². The Labute approximate surface area is 172 Å². The van der Waals surface area contributed by atoms with Gasteiger partial charge in [0.15, 0.2) is 5.82 Å². The Hall–Kier alpha value is -3.62. The minimum Gasteiger partial charge on any atom is -0.465 e. The highest BCUT2D eigenvalue weighted by atomic mass is 16.4. The van der Waals surface area contributed by atoms with Gasteiger partial charge in [0, 0.05) is 42.7 Å². The SMILES string of the molecule is CCn1c([C@H]2CCCN(C(=O)O)C2)nc2c(N)nc3cc(-c4ccn[nH]4)ccc3c21. The Morgan fingerprint density at radius 2 is 2.20 bits per heavy atom. The van der Waals surface area contributed by atoms with E-state index in [1.807, 2.05) is 24.3 Å². The summed E-state index contributed by atoms with van der Waals surface area (Å²) in [5.41, 5.74) is 10.7. The Morgan fingerprint density at radius 1 is 1.33 bits per heavy atom. The molecular weight excluding hydrogens is 382 g/mol. The van der Waals surface area contributed by atoms with Crippen LogP contribution in [0.15, 0.2) is 30.5 Å². The van der Waals surface area contributed by atoms with Crippen LogP contribution in [0.3, 0.4) is 0 Å². The van der Waals surface area contributed by atoms with Crippen LogP contribution in [0.1, 0.15) is 31.5 Å². The number of piperidine rings is 1. The molecule has 1 aliphatic heterocycles. The molecule has 1 amide bonds. The minimum absolute atomic E-state index is 0.0425. The molecule has 9 heteroatoms. The van der Waals surface area contributed by atoms with Gasteiger partial charge in [0.25, 0.3) is 0 Å². The lowest BCUT2D eigenvalue weighted by Crippen LogP contribution is -2.38. The van der Waals surface area contributed by atoms with Crippen molar-refractivity contribution in [2.75, 3.05) is 18.8 Å².